The van der Waals surface area contributed by atoms with Gasteiger partial charge in [0.05, 0.1) is 12.1 Å². The smallest absolute Gasteiger partial charge is 0.305 e. The van der Waals surface area contributed by atoms with Crippen molar-refractivity contribution in [3.63, 3.8) is 0 Å². The molecule has 7 heteroatoms. The number of halogens is 1. The molecular weight excluding hydrogens is 430 g/mol. The van der Waals surface area contributed by atoms with Crippen LogP contribution in [0.5, 0.6) is 0 Å². The molecule has 0 saturated carbocycles. The first-order chi connectivity index (χ1) is 15.1. The Morgan fingerprint density at radius 2 is 1.65 bits per heavy atom. The van der Waals surface area contributed by atoms with Crippen LogP contribution in [-0.2, 0) is 4.79 Å². The molecule has 0 aliphatic rings. The Bertz CT molecular complexity index is 1150. The van der Waals surface area contributed by atoms with Crippen LogP contribution >= 0.6 is 22.9 Å². The van der Waals surface area contributed by atoms with E-state index in [1.54, 1.807) is 0 Å². The maximum Gasteiger partial charge on any atom is 0.305 e. The summed E-state index contributed by atoms with van der Waals surface area (Å²) in [5.74, 6) is -0.846. The van der Waals surface area contributed by atoms with Crippen molar-refractivity contribution in [2.45, 2.75) is 6.42 Å². The topological polar surface area (TPSA) is 65.5 Å². The molecule has 2 N–H and O–H groups in total. The Labute approximate surface area is 189 Å². The SMILES string of the molecule is O=C(O)CCN(c1ccc(Nc2ccccc2)cc1)c1nc(-c2ccc(Cl)cc2)cs1. The number of para-hydroxylation sites is 1. The molecule has 1 heterocycles. The molecule has 156 valence electrons. The van der Waals surface area contributed by atoms with E-state index in [1.807, 2.05) is 89.1 Å². The van der Waals surface area contributed by atoms with Gasteiger partial charge in [0.1, 0.15) is 0 Å². The Kier molecular flexibility index (Phi) is 6.50. The zero-order valence-corrected chi connectivity index (χ0v) is 18.1. The molecule has 4 aromatic rings. The third-order valence-corrected chi connectivity index (χ3v) is 5.77. The molecule has 0 amide bonds. The second-order valence-corrected chi connectivity index (χ2v) is 8.13. The van der Waals surface area contributed by atoms with Crippen LogP contribution in [0.3, 0.4) is 0 Å². The van der Waals surface area contributed by atoms with E-state index in [9.17, 15) is 9.90 Å². The number of hydrogen-bond donors (Lipinski definition) is 2. The molecule has 0 radical (unpaired) electrons. The highest BCUT2D eigenvalue weighted by Gasteiger charge is 2.16. The molecule has 0 unspecified atom stereocenters. The quantitative estimate of drug-likeness (QED) is 0.309. The number of aliphatic carboxylic acids is 1. The minimum absolute atomic E-state index is 0.0138. The van der Waals surface area contributed by atoms with Crippen molar-refractivity contribution in [2.75, 3.05) is 16.8 Å². The second kappa shape index (κ2) is 9.64. The number of carboxylic acids is 1. The third-order valence-electron chi connectivity index (χ3n) is 4.65. The fourth-order valence-electron chi connectivity index (χ4n) is 3.10. The van der Waals surface area contributed by atoms with E-state index in [0.29, 0.717) is 11.6 Å². The van der Waals surface area contributed by atoms with Gasteiger partial charge in [0.25, 0.3) is 0 Å². The summed E-state index contributed by atoms with van der Waals surface area (Å²) in [6.45, 7) is 0.328. The highest BCUT2D eigenvalue weighted by molar-refractivity contribution is 7.14. The van der Waals surface area contributed by atoms with Crippen molar-refractivity contribution >= 4 is 51.1 Å². The fraction of sp³-hybridized carbons (Fsp3) is 0.0833. The Morgan fingerprint density at radius 1 is 0.968 bits per heavy atom. The number of anilines is 4. The van der Waals surface area contributed by atoms with E-state index in [-0.39, 0.29) is 6.42 Å². The summed E-state index contributed by atoms with van der Waals surface area (Å²) in [6, 6.07) is 25.3. The minimum Gasteiger partial charge on any atom is -0.481 e. The highest BCUT2D eigenvalue weighted by Crippen LogP contribution is 2.33. The number of rotatable bonds is 8. The van der Waals surface area contributed by atoms with E-state index >= 15 is 0 Å². The summed E-state index contributed by atoms with van der Waals surface area (Å²) in [6.07, 6.45) is 0.0138. The monoisotopic (exact) mass is 449 g/mol. The summed E-state index contributed by atoms with van der Waals surface area (Å²) in [7, 11) is 0. The minimum atomic E-state index is -0.846. The number of hydrogen-bond acceptors (Lipinski definition) is 5. The van der Waals surface area contributed by atoms with Crippen molar-refractivity contribution in [3.05, 3.63) is 89.3 Å². The standard InChI is InChI=1S/C24H20ClN3O2S/c25-18-8-6-17(7-9-18)22-16-31-24(27-22)28(15-14-23(29)30)21-12-10-20(11-13-21)26-19-4-2-1-3-5-19/h1-13,16,26H,14-15H2,(H,29,30). The highest BCUT2D eigenvalue weighted by atomic mass is 35.5. The van der Waals surface area contributed by atoms with Gasteiger partial charge in [0.2, 0.25) is 0 Å². The van der Waals surface area contributed by atoms with E-state index in [2.05, 4.69) is 5.32 Å². The van der Waals surface area contributed by atoms with Crippen LogP contribution in [0.2, 0.25) is 5.02 Å². The summed E-state index contributed by atoms with van der Waals surface area (Å²) < 4.78 is 0. The van der Waals surface area contributed by atoms with Crippen LogP contribution < -0.4 is 10.2 Å². The van der Waals surface area contributed by atoms with E-state index in [1.165, 1.54) is 11.3 Å². The number of thiazole rings is 1. The first-order valence-corrected chi connectivity index (χ1v) is 11.0. The van der Waals surface area contributed by atoms with Gasteiger partial charge in [-0.3, -0.25) is 4.79 Å². The van der Waals surface area contributed by atoms with E-state index in [0.717, 1.165) is 33.5 Å². The maximum absolute atomic E-state index is 11.2. The molecule has 0 bridgehead atoms. The van der Waals surface area contributed by atoms with Crippen molar-refractivity contribution in [3.8, 4) is 11.3 Å². The van der Waals surface area contributed by atoms with Crippen molar-refractivity contribution < 1.29 is 9.90 Å². The number of carbonyl (C=O) groups is 1. The number of carboxylic acid groups (broad SMARTS) is 1. The summed E-state index contributed by atoms with van der Waals surface area (Å²) in [5.41, 5.74) is 4.64. The predicted molar refractivity (Wildman–Crippen MR) is 128 cm³/mol. The Balaban J connectivity index is 1.58. The van der Waals surface area contributed by atoms with Crippen LogP contribution in [0, 0.1) is 0 Å². The molecule has 0 aliphatic carbocycles. The molecular formula is C24H20ClN3O2S. The lowest BCUT2D eigenvalue weighted by Crippen LogP contribution is -2.20. The van der Waals surface area contributed by atoms with Crippen molar-refractivity contribution in [1.82, 2.24) is 4.98 Å². The van der Waals surface area contributed by atoms with Crippen molar-refractivity contribution in [1.29, 1.82) is 0 Å². The first kappa shape index (κ1) is 20.9. The van der Waals surface area contributed by atoms with Gasteiger partial charge in [-0.1, -0.05) is 41.9 Å². The molecule has 31 heavy (non-hydrogen) atoms. The summed E-state index contributed by atoms with van der Waals surface area (Å²) >= 11 is 7.47. The lowest BCUT2D eigenvalue weighted by molar-refractivity contribution is -0.136. The van der Waals surface area contributed by atoms with Crippen LogP contribution in [0.25, 0.3) is 11.3 Å². The van der Waals surface area contributed by atoms with Gasteiger partial charge >= 0.3 is 5.97 Å². The molecule has 4 rings (SSSR count). The zero-order valence-electron chi connectivity index (χ0n) is 16.5. The molecule has 1 aromatic heterocycles. The second-order valence-electron chi connectivity index (χ2n) is 6.86. The molecule has 3 aromatic carbocycles. The molecule has 0 aliphatic heterocycles. The van der Waals surface area contributed by atoms with Crippen LogP contribution in [-0.4, -0.2) is 22.6 Å². The maximum atomic E-state index is 11.2. The average Bonchev–Trinajstić information content (AvgIpc) is 3.26. The lowest BCUT2D eigenvalue weighted by Gasteiger charge is -2.21. The predicted octanol–water partition coefficient (Wildman–Crippen LogP) is 6.82. The van der Waals surface area contributed by atoms with Gasteiger partial charge in [-0.15, -0.1) is 11.3 Å². The number of nitrogens with zero attached hydrogens (tertiary/aromatic N) is 2. The van der Waals surface area contributed by atoms with Gasteiger partial charge in [-0.05, 0) is 48.5 Å². The molecule has 0 fully saturated rings. The molecule has 5 nitrogen and oxygen atoms in total. The largest absolute Gasteiger partial charge is 0.481 e. The van der Waals surface area contributed by atoms with Gasteiger partial charge in [-0.2, -0.15) is 0 Å². The summed E-state index contributed by atoms with van der Waals surface area (Å²) in [4.78, 5) is 17.9. The van der Waals surface area contributed by atoms with E-state index < -0.39 is 5.97 Å². The molecule has 0 spiro atoms. The van der Waals surface area contributed by atoms with Gasteiger partial charge in [0, 0.05) is 39.6 Å². The van der Waals surface area contributed by atoms with Crippen LogP contribution in [0.1, 0.15) is 6.42 Å². The molecule has 0 atom stereocenters. The first-order valence-electron chi connectivity index (χ1n) is 9.71. The lowest BCUT2D eigenvalue weighted by atomic mass is 10.2. The zero-order chi connectivity index (χ0) is 21.6. The normalized spacial score (nSPS) is 10.6. The van der Waals surface area contributed by atoms with Crippen molar-refractivity contribution in [2.24, 2.45) is 0 Å². The van der Waals surface area contributed by atoms with Crippen LogP contribution in [0.4, 0.5) is 22.2 Å². The number of nitrogens with one attached hydrogen (secondary N) is 1. The number of benzene rings is 3. The third kappa shape index (κ3) is 5.42. The van der Waals surface area contributed by atoms with Gasteiger partial charge in [-0.25, -0.2) is 4.98 Å². The van der Waals surface area contributed by atoms with Crippen LogP contribution in [0.15, 0.2) is 84.2 Å². The van der Waals surface area contributed by atoms with Gasteiger partial charge < -0.3 is 15.3 Å². The van der Waals surface area contributed by atoms with E-state index in [4.69, 9.17) is 16.6 Å². The number of aromatic nitrogens is 1. The Morgan fingerprint density at radius 3 is 2.32 bits per heavy atom. The summed E-state index contributed by atoms with van der Waals surface area (Å²) in [5, 5.41) is 15.9. The molecule has 0 saturated heterocycles. The fourth-order valence-corrected chi connectivity index (χ4v) is 4.10. The Hall–Kier alpha value is -3.35. The average molecular weight is 450 g/mol. The van der Waals surface area contributed by atoms with Gasteiger partial charge in [0.15, 0.2) is 5.13 Å².